The zero-order chi connectivity index (χ0) is 16.3. The SMILES string of the molecule is CCC1(CC)C(NC(=O)C(N)CCS(C)(=O)=O)CC1OC. The summed E-state index contributed by atoms with van der Waals surface area (Å²) in [5.74, 6) is -0.343. The second kappa shape index (κ2) is 7.07. The van der Waals surface area contributed by atoms with Crippen LogP contribution in [0.5, 0.6) is 0 Å². The lowest BCUT2D eigenvalue weighted by Gasteiger charge is -2.55. The summed E-state index contributed by atoms with van der Waals surface area (Å²) in [5.41, 5.74) is 5.74. The summed E-state index contributed by atoms with van der Waals surface area (Å²) < 4.78 is 27.7. The molecule has 1 aliphatic carbocycles. The van der Waals surface area contributed by atoms with Gasteiger partial charge in [-0.1, -0.05) is 13.8 Å². The van der Waals surface area contributed by atoms with Crippen LogP contribution in [-0.4, -0.2) is 51.6 Å². The van der Waals surface area contributed by atoms with E-state index >= 15 is 0 Å². The Morgan fingerprint density at radius 3 is 2.43 bits per heavy atom. The summed E-state index contributed by atoms with van der Waals surface area (Å²) in [7, 11) is -1.40. The van der Waals surface area contributed by atoms with E-state index in [1.165, 1.54) is 0 Å². The van der Waals surface area contributed by atoms with Crippen LogP contribution in [0.15, 0.2) is 0 Å². The number of sulfone groups is 1. The fourth-order valence-corrected chi connectivity index (χ4v) is 3.91. The summed E-state index contributed by atoms with van der Waals surface area (Å²) in [4.78, 5) is 12.1. The van der Waals surface area contributed by atoms with Gasteiger partial charge in [-0.2, -0.15) is 0 Å². The van der Waals surface area contributed by atoms with E-state index in [2.05, 4.69) is 19.2 Å². The molecule has 1 fully saturated rings. The highest BCUT2D eigenvalue weighted by atomic mass is 32.2. The Morgan fingerprint density at radius 1 is 1.43 bits per heavy atom. The lowest BCUT2D eigenvalue weighted by Crippen LogP contribution is -2.65. The quantitative estimate of drug-likeness (QED) is 0.677. The summed E-state index contributed by atoms with van der Waals surface area (Å²) in [6.07, 6.45) is 4.08. The van der Waals surface area contributed by atoms with Gasteiger partial charge in [0, 0.05) is 24.8 Å². The van der Waals surface area contributed by atoms with E-state index in [4.69, 9.17) is 10.5 Å². The van der Waals surface area contributed by atoms with Crippen LogP contribution in [0.1, 0.15) is 39.5 Å². The lowest BCUT2D eigenvalue weighted by atomic mass is 9.58. The van der Waals surface area contributed by atoms with Gasteiger partial charge in [0.05, 0.1) is 17.9 Å². The van der Waals surface area contributed by atoms with Crippen LogP contribution in [-0.2, 0) is 19.4 Å². The van der Waals surface area contributed by atoms with Crippen LogP contribution < -0.4 is 11.1 Å². The molecule has 21 heavy (non-hydrogen) atoms. The molecule has 124 valence electrons. The molecule has 0 heterocycles. The number of nitrogens with two attached hydrogens (primary N) is 1. The monoisotopic (exact) mass is 320 g/mol. The van der Waals surface area contributed by atoms with E-state index in [9.17, 15) is 13.2 Å². The first-order valence-electron chi connectivity index (χ1n) is 7.46. The number of hydrogen-bond donors (Lipinski definition) is 2. The largest absolute Gasteiger partial charge is 0.381 e. The number of carbonyl (C=O) groups is 1. The van der Waals surface area contributed by atoms with Crippen molar-refractivity contribution in [2.24, 2.45) is 11.1 Å². The minimum atomic E-state index is -3.10. The third-order valence-corrected chi connectivity index (χ3v) is 5.82. The highest BCUT2D eigenvalue weighted by Gasteiger charge is 2.53. The van der Waals surface area contributed by atoms with Crippen LogP contribution in [0, 0.1) is 5.41 Å². The standard InChI is InChI=1S/C14H28N2O4S/c1-5-14(6-2)11(9-12(14)20-3)16-13(17)10(15)7-8-21(4,18)19/h10-12H,5-9,15H2,1-4H3,(H,16,17). The Kier molecular flexibility index (Phi) is 6.19. The maximum Gasteiger partial charge on any atom is 0.237 e. The van der Waals surface area contributed by atoms with Gasteiger partial charge in [0.2, 0.25) is 5.91 Å². The molecule has 1 amide bonds. The molecule has 3 unspecified atom stereocenters. The number of ether oxygens (including phenoxy) is 1. The van der Waals surface area contributed by atoms with Crippen molar-refractivity contribution < 1.29 is 17.9 Å². The molecule has 3 atom stereocenters. The van der Waals surface area contributed by atoms with Crippen molar-refractivity contribution >= 4 is 15.7 Å². The Balaban J connectivity index is 2.59. The average Bonchev–Trinajstić information content (AvgIpc) is 2.40. The Hall–Kier alpha value is -0.660. The summed E-state index contributed by atoms with van der Waals surface area (Å²) in [6.45, 7) is 4.19. The predicted molar refractivity (Wildman–Crippen MR) is 82.7 cm³/mol. The number of methoxy groups -OCH3 is 1. The van der Waals surface area contributed by atoms with E-state index in [1.54, 1.807) is 7.11 Å². The maximum absolute atomic E-state index is 12.1. The summed E-state index contributed by atoms with van der Waals surface area (Å²) >= 11 is 0. The number of carbonyl (C=O) groups excluding carboxylic acids is 1. The molecule has 7 heteroatoms. The van der Waals surface area contributed by atoms with Gasteiger partial charge in [0.15, 0.2) is 0 Å². The van der Waals surface area contributed by atoms with Crippen molar-refractivity contribution in [1.82, 2.24) is 5.32 Å². The number of rotatable bonds is 8. The van der Waals surface area contributed by atoms with Gasteiger partial charge in [0.1, 0.15) is 9.84 Å². The molecule has 1 aliphatic rings. The third kappa shape index (κ3) is 4.17. The van der Waals surface area contributed by atoms with E-state index in [0.29, 0.717) is 0 Å². The lowest BCUT2D eigenvalue weighted by molar-refractivity contribution is -0.142. The van der Waals surface area contributed by atoms with Gasteiger partial charge in [-0.15, -0.1) is 0 Å². The van der Waals surface area contributed by atoms with Crippen molar-refractivity contribution in [3.05, 3.63) is 0 Å². The molecule has 1 rings (SSSR count). The molecular formula is C14H28N2O4S. The number of hydrogen-bond acceptors (Lipinski definition) is 5. The highest BCUT2D eigenvalue weighted by molar-refractivity contribution is 7.90. The minimum absolute atomic E-state index is 0.0407. The molecule has 0 saturated heterocycles. The number of amides is 1. The van der Waals surface area contributed by atoms with Gasteiger partial charge in [-0.3, -0.25) is 4.79 Å². The first kappa shape index (κ1) is 18.4. The average molecular weight is 320 g/mol. The highest BCUT2D eigenvalue weighted by Crippen LogP contribution is 2.48. The molecule has 0 aromatic heterocycles. The van der Waals surface area contributed by atoms with Crippen LogP contribution in [0.3, 0.4) is 0 Å². The van der Waals surface area contributed by atoms with E-state index < -0.39 is 15.9 Å². The molecule has 0 aliphatic heterocycles. The fraction of sp³-hybridized carbons (Fsp3) is 0.929. The maximum atomic E-state index is 12.1. The smallest absolute Gasteiger partial charge is 0.237 e. The van der Waals surface area contributed by atoms with Crippen molar-refractivity contribution in [3.8, 4) is 0 Å². The van der Waals surface area contributed by atoms with Crippen LogP contribution >= 0.6 is 0 Å². The van der Waals surface area contributed by atoms with Crippen LogP contribution in [0.2, 0.25) is 0 Å². The molecule has 6 nitrogen and oxygen atoms in total. The van der Waals surface area contributed by atoms with Crippen molar-refractivity contribution in [2.45, 2.75) is 57.7 Å². The second-order valence-corrected chi connectivity index (χ2v) is 8.25. The van der Waals surface area contributed by atoms with Gasteiger partial charge >= 0.3 is 0 Å². The van der Waals surface area contributed by atoms with E-state index in [0.717, 1.165) is 25.5 Å². The molecule has 0 bridgehead atoms. The molecule has 0 aromatic rings. The van der Waals surface area contributed by atoms with Gasteiger partial charge in [-0.25, -0.2) is 8.42 Å². The van der Waals surface area contributed by atoms with Gasteiger partial charge in [0.25, 0.3) is 0 Å². The molecule has 0 radical (unpaired) electrons. The molecule has 3 N–H and O–H groups in total. The zero-order valence-electron chi connectivity index (χ0n) is 13.4. The van der Waals surface area contributed by atoms with E-state index in [1.807, 2.05) is 0 Å². The Bertz CT molecular complexity index is 460. The predicted octanol–water partition coefficient (Wildman–Crippen LogP) is 0.458. The van der Waals surface area contributed by atoms with Gasteiger partial charge in [-0.05, 0) is 25.7 Å². The number of nitrogens with one attached hydrogen (secondary N) is 1. The molecule has 0 spiro atoms. The first-order valence-corrected chi connectivity index (χ1v) is 9.52. The van der Waals surface area contributed by atoms with Crippen molar-refractivity contribution in [2.75, 3.05) is 19.1 Å². The molecular weight excluding hydrogens is 292 g/mol. The topological polar surface area (TPSA) is 98.5 Å². The van der Waals surface area contributed by atoms with Crippen LogP contribution in [0.4, 0.5) is 0 Å². The molecule has 0 aromatic carbocycles. The zero-order valence-corrected chi connectivity index (χ0v) is 14.2. The minimum Gasteiger partial charge on any atom is -0.381 e. The third-order valence-electron chi connectivity index (χ3n) is 4.84. The van der Waals surface area contributed by atoms with Crippen LogP contribution in [0.25, 0.3) is 0 Å². The van der Waals surface area contributed by atoms with Crippen molar-refractivity contribution in [3.63, 3.8) is 0 Å². The summed E-state index contributed by atoms with van der Waals surface area (Å²) in [6, 6.07) is -0.734. The Labute approximate surface area is 127 Å². The Morgan fingerprint density at radius 2 is 2.00 bits per heavy atom. The summed E-state index contributed by atoms with van der Waals surface area (Å²) in [5, 5.41) is 2.97. The normalized spacial score (nSPS) is 26.0. The first-order chi connectivity index (χ1) is 9.70. The van der Waals surface area contributed by atoms with Crippen molar-refractivity contribution in [1.29, 1.82) is 0 Å². The fourth-order valence-electron chi connectivity index (χ4n) is 3.23. The van der Waals surface area contributed by atoms with E-state index in [-0.39, 0.29) is 35.6 Å². The van der Waals surface area contributed by atoms with Gasteiger partial charge < -0.3 is 15.8 Å². The molecule has 1 saturated carbocycles. The second-order valence-electron chi connectivity index (χ2n) is 5.99.